The van der Waals surface area contributed by atoms with Crippen LogP contribution in [0.15, 0.2) is 66.4 Å². The Morgan fingerprint density at radius 1 is 1.06 bits per heavy atom. The number of carbonyl (C=O) groups is 1. The topological polar surface area (TPSA) is 33.2 Å². The number of aromatic nitrogens is 1. The Labute approximate surface area is 219 Å². The molecule has 1 saturated heterocycles. The maximum Gasteiger partial charge on any atom is 0.257 e. The van der Waals surface area contributed by atoms with Crippen LogP contribution >= 0.6 is 11.6 Å². The van der Waals surface area contributed by atoms with Crippen molar-refractivity contribution in [3.63, 3.8) is 0 Å². The quantitative estimate of drug-likeness (QED) is 0.281. The highest BCUT2D eigenvalue weighted by molar-refractivity contribution is 6.32. The van der Waals surface area contributed by atoms with Gasteiger partial charge in [0.25, 0.3) is 5.91 Å². The minimum atomic E-state index is -0.150. The average Bonchev–Trinajstić information content (AvgIpc) is 3.50. The SMILES string of the molecule is O=C(c1cccnc1Cl)N1CC(CCCC2CCCC(c3ccc(F)cc3)CC2)[C@H](C2=CCC=C2)C1. The van der Waals surface area contributed by atoms with E-state index in [9.17, 15) is 9.18 Å². The Balaban J connectivity index is 1.16. The fourth-order valence-corrected chi connectivity index (χ4v) is 6.78. The summed E-state index contributed by atoms with van der Waals surface area (Å²) in [6.07, 6.45) is 19.3. The molecule has 0 bridgehead atoms. The molecule has 5 heteroatoms. The van der Waals surface area contributed by atoms with Gasteiger partial charge in [-0.1, -0.05) is 67.6 Å². The van der Waals surface area contributed by atoms with E-state index in [0.29, 0.717) is 23.3 Å². The molecule has 2 aromatic rings. The van der Waals surface area contributed by atoms with Crippen molar-refractivity contribution < 1.29 is 9.18 Å². The Hall–Kier alpha value is -2.46. The van der Waals surface area contributed by atoms with Crippen molar-refractivity contribution in [3.05, 3.63) is 88.5 Å². The maximum absolute atomic E-state index is 13.3. The number of hydrogen-bond donors (Lipinski definition) is 0. The van der Waals surface area contributed by atoms with E-state index in [0.717, 1.165) is 31.8 Å². The molecule has 0 N–H and O–H groups in total. The van der Waals surface area contributed by atoms with Crippen LogP contribution in [0.4, 0.5) is 4.39 Å². The van der Waals surface area contributed by atoms with E-state index in [1.807, 2.05) is 17.0 Å². The van der Waals surface area contributed by atoms with Crippen LogP contribution in [0.1, 0.15) is 79.6 Å². The lowest BCUT2D eigenvalue weighted by Crippen LogP contribution is -2.29. The van der Waals surface area contributed by atoms with Gasteiger partial charge in [0.1, 0.15) is 11.0 Å². The van der Waals surface area contributed by atoms with E-state index in [4.69, 9.17) is 11.6 Å². The summed E-state index contributed by atoms with van der Waals surface area (Å²) < 4.78 is 13.3. The van der Waals surface area contributed by atoms with Crippen LogP contribution in [0, 0.1) is 23.6 Å². The third-order valence-electron chi connectivity index (χ3n) is 8.56. The van der Waals surface area contributed by atoms with Crippen LogP contribution < -0.4 is 0 Å². The van der Waals surface area contributed by atoms with E-state index >= 15 is 0 Å². The molecule has 2 aliphatic carbocycles. The molecule has 3 unspecified atom stereocenters. The first-order valence-corrected chi connectivity index (χ1v) is 14.0. The van der Waals surface area contributed by atoms with Gasteiger partial charge in [0.2, 0.25) is 0 Å². The second-order valence-electron chi connectivity index (χ2n) is 10.8. The molecule has 1 saturated carbocycles. The number of halogens is 2. The van der Waals surface area contributed by atoms with Crippen molar-refractivity contribution >= 4 is 17.5 Å². The summed E-state index contributed by atoms with van der Waals surface area (Å²) in [5, 5.41) is 0.287. The molecule has 3 aliphatic rings. The van der Waals surface area contributed by atoms with Gasteiger partial charge in [0.05, 0.1) is 5.56 Å². The average molecular weight is 507 g/mol. The van der Waals surface area contributed by atoms with Crippen LogP contribution in [0.2, 0.25) is 5.15 Å². The third kappa shape index (κ3) is 5.91. The van der Waals surface area contributed by atoms with E-state index in [1.165, 1.54) is 56.1 Å². The highest BCUT2D eigenvalue weighted by atomic mass is 35.5. The zero-order valence-electron chi connectivity index (χ0n) is 20.9. The van der Waals surface area contributed by atoms with Crippen molar-refractivity contribution in [2.24, 2.45) is 17.8 Å². The van der Waals surface area contributed by atoms with E-state index in [2.05, 4.69) is 23.2 Å². The van der Waals surface area contributed by atoms with Gasteiger partial charge in [-0.05, 0) is 85.3 Å². The lowest BCUT2D eigenvalue weighted by molar-refractivity contribution is 0.0784. The zero-order chi connectivity index (χ0) is 24.9. The predicted octanol–water partition coefficient (Wildman–Crippen LogP) is 7.98. The van der Waals surface area contributed by atoms with E-state index in [1.54, 1.807) is 30.5 Å². The molecule has 0 spiro atoms. The monoisotopic (exact) mass is 506 g/mol. The molecule has 36 heavy (non-hydrogen) atoms. The number of likely N-dealkylation sites (tertiary alicyclic amines) is 1. The minimum Gasteiger partial charge on any atom is -0.338 e. The standard InChI is InChI=1S/C31H36ClFN2O/c32-30-28(12-5-19-34-30)31(36)35-20-26(29(21-35)25-8-1-2-9-25)11-4-7-22-6-3-10-23(14-13-22)24-15-17-27(33)18-16-24/h1,5,8-9,12,15-19,22-23,26,29H,2-4,6-7,10-11,13-14,20-21H2/t22?,23?,26?,29-/m0/s1. The maximum atomic E-state index is 13.3. The van der Waals surface area contributed by atoms with Gasteiger partial charge in [-0.25, -0.2) is 9.37 Å². The molecular weight excluding hydrogens is 471 g/mol. The minimum absolute atomic E-state index is 0.00113. The molecule has 4 atom stereocenters. The van der Waals surface area contributed by atoms with Crippen molar-refractivity contribution in [2.75, 3.05) is 13.1 Å². The van der Waals surface area contributed by atoms with Gasteiger partial charge in [0.15, 0.2) is 0 Å². The number of rotatable bonds is 7. The molecule has 190 valence electrons. The molecular formula is C31H36ClFN2O. The van der Waals surface area contributed by atoms with Gasteiger partial charge < -0.3 is 4.90 Å². The molecule has 1 aromatic heterocycles. The van der Waals surface area contributed by atoms with Crippen molar-refractivity contribution in [1.29, 1.82) is 0 Å². The summed E-state index contributed by atoms with van der Waals surface area (Å²) >= 11 is 6.24. The van der Waals surface area contributed by atoms with Crippen molar-refractivity contribution in [3.8, 4) is 0 Å². The summed E-state index contributed by atoms with van der Waals surface area (Å²) in [6.45, 7) is 1.55. The highest BCUT2D eigenvalue weighted by Crippen LogP contribution is 2.39. The number of hydrogen-bond acceptors (Lipinski definition) is 2. The first-order chi connectivity index (χ1) is 17.6. The number of carbonyl (C=O) groups excluding carboxylic acids is 1. The summed E-state index contributed by atoms with van der Waals surface area (Å²) in [6, 6.07) is 10.7. The number of nitrogens with zero attached hydrogens (tertiary/aromatic N) is 2. The van der Waals surface area contributed by atoms with Crippen LogP contribution in [0.3, 0.4) is 0 Å². The highest BCUT2D eigenvalue weighted by Gasteiger charge is 2.37. The number of amides is 1. The Kier molecular flexibility index (Phi) is 8.21. The fraction of sp³-hybridized carbons (Fsp3) is 0.484. The van der Waals surface area contributed by atoms with Crippen LogP contribution in [0.25, 0.3) is 0 Å². The third-order valence-corrected chi connectivity index (χ3v) is 8.86. The van der Waals surface area contributed by atoms with Crippen LogP contribution in [-0.2, 0) is 0 Å². The van der Waals surface area contributed by atoms with E-state index < -0.39 is 0 Å². The van der Waals surface area contributed by atoms with E-state index in [-0.39, 0.29) is 16.9 Å². The summed E-state index contributed by atoms with van der Waals surface area (Å²) in [5.41, 5.74) is 3.19. The molecule has 1 aliphatic heterocycles. The van der Waals surface area contributed by atoms with Gasteiger partial charge in [-0.2, -0.15) is 0 Å². The molecule has 1 aromatic carbocycles. The lowest BCUT2D eigenvalue weighted by atomic mass is 9.84. The normalized spacial score (nSPS) is 26.2. The van der Waals surface area contributed by atoms with Gasteiger partial charge in [-0.15, -0.1) is 0 Å². The van der Waals surface area contributed by atoms with Crippen molar-refractivity contribution in [1.82, 2.24) is 9.88 Å². The molecule has 2 heterocycles. The predicted molar refractivity (Wildman–Crippen MR) is 144 cm³/mol. The molecule has 3 nitrogen and oxygen atoms in total. The Morgan fingerprint density at radius 3 is 2.69 bits per heavy atom. The van der Waals surface area contributed by atoms with Gasteiger partial charge in [0, 0.05) is 25.2 Å². The second kappa shape index (κ2) is 11.7. The second-order valence-corrected chi connectivity index (χ2v) is 11.2. The summed E-state index contributed by atoms with van der Waals surface area (Å²) in [4.78, 5) is 19.3. The first-order valence-electron chi connectivity index (χ1n) is 13.6. The van der Waals surface area contributed by atoms with Gasteiger partial charge in [-0.3, -0.25) is 4.79 Å². The van der Waals surface area contributed by atoms with Gasteiger partial charge >= 0.3 is 0 Å². The largest absolute Gasteiger partial charge is 0.338 e. The Bertz CT molecular complexity index is 1110. The molecule has 2 fully saturated rings. The zero-order valence-corrected chi connectivity index (χ0v) is 21.7. The van der Waals surface area contributed by atoms with Crippen molar-refractivity contribution in [2.45, 2.75) is 63.7 Å². The summed E-state index contributed by atoms with van der Waals surface area (Å²) in [5.74, 6) is 2.07. The lowest BCUT2D eigenvalue weighted by Gasteiger charge is -2.20. The molecule has 1 amide bonds. The fourth-order valence-electron chi connectivity index (χ4n) is 6.58. The molecule has 5 rings (SSSR count). The number of allylic oxidation sites excluding steroid dienone is 3. The molecule has 0 radical (unpaired) electrons. The smallest absolute Gasteiger partial charge is 0.257 e. The first kappa shape index (κ1) is 25.2. The number of pyridine rings is 1. The van der Waals surface area contributed by atoms with Crippen LogP contribution in [-0.4, -0.2) is 28.9 Å². The van der Waals surface area contributed by atoms with Crippen LogP contribution in [0.5, 0.6) is 0 Å². The number of benzene rings is 1. The Morgan fingerprint density at radius 2 is 1.92 bits per heavy atom. The summed E-state index contributed by atoms with van der Waals surface area (Å²) in [7, 11) is 0.